The van der Waals surface area contributed by atoms with Crippen LogP contribution in [0.2, 0.25) is 0 Å². The zero-order valence-corrected chi connectivity index (χ0v) is 22.2. The van der Waals surface area contributed by atoms with Crippen molar-refractivity contribution in [2.24, 2.45) is 39.8 Å². The Balaban J connectivity index is 5.67. The molecule has 0 aliphatic carbocycles. The molecule has 0 aromatic carbocycles. The van der Waals surface area contributed by atoms with Crippen LogP contribution in [0.4, 0.5) is 0 Å². The quantitative estimate of drug-likeness (QED) is 0.0569. The fraction of sp³-hybridized carbons (Fsp3) is 0.739. The number of carbonyl (C=O) groups is 5. The smallest absolute Gasteiger partial charge is 0.326 e. The highest BCUT2D eigenvalue weighted by Gasteiger charge is 2.32. The number of carboxylic acid groups (broad SMARTS) is 1. The number of primary amides is 1. The maximum Gasteiger partial charge on any atom is 0.326 e. The molecular formula is C23H44N8O6. The molecule has 14 heteroatoms. The van der Waals surface area contributed by atoms with E-state index < -0.39 is 53.8 Å². The molecule has 12 N–H and O–H groups in total. The molecule has 0 heterocycles. The Labute approximate surface area is 217 Å². The number of nitrogens with two attached hydrogens (primary N) is 4. The summed E-state index contributed by atoms with van der Waals surface area (Å²) in [5, 5.41) is 17.1. The van der Waals surface area contributed by atoms with Crippen LogP contribution < -0.4 is 38.9 Å². The molecule has 0 bridgehead atoms. The average molecular weight is 529 g/mol. The van der Waals surface area contributed by atoms with E-state index in [1.165, 1.54) is 0 Å². The Bertz CT molecular complexity index is 815. The van der Waals surface area contributed by atoms with Gasteiger partial charge in [-0.1, -0.05) is 34.1 Å². The molecule has 0 aromatic rings. The summed E-state index contributed by atoms with van der Waals surface area (Å²) in [4.78, 5) is 65.3. The number of amides is 4. The molecule has 37 heavy (non-hydrogen) atoms. The molecule has 0 aliphatic heterocycles. The SMILES string of the molecule is CCC(C)C(NC(=O)C(CCCN=C(N)N)NC(=O)C(N)CC(C)C)C(=O)NC(CCC(N)=O)C(=O)O. The Kier molecular flexibility index (Phi) is 15.5. The number of nitrogens with one attached hydrogen (secondary N) is 3. The number of carboxylic acids is 1. The van der Waals surface area contributed by atoms with Crippen LogP contribution in [0.5, 0.6) is 0 Å². The number of carbonyl (C=O) groups excluding carboxylic acids is 4. The number of aliphatic imine (C=N–C) groups is 1. The lowest BCUT2D eigenvalue weighted by molar-refractivity contribution is -0.143. The summed E-state index contributed by atoms with van der Waals surface area (Å²) in [5.41, 5.74) is 21.7. The standard InChI is InChI=1S/C23H44N8O6/c1-5-13(4)18(21(35)30-16(22(36)37)8-9-17(25)32)31-20(34)15(7-6-10-28-23(26)27)29-19(33)14(24)11-12(2)3/h12-16,18H,5-11,24H2,1-4H3,(H2,25,32)(H,29,33)(H,30,35)(H,31,34)(H,36,37)(H4,26,27,28). The summed E-state index contributed by atoms with van der Waals surface area (Å²) in [6.45, 7) is 7.56. The van der Waals surface area contributed by atoms with Gasteiger partial charge in [-0.05, 0) is 37.5 Å². The first kappa shape index (κ1) is 33.6. The van der Waals surface area contributed by atoms with Crippen molar-refractivity contribution < 1.29 is 29.1 Å². The fourth-order valence-corrected chi connectivity index (χ4v) is 3.43. The second-order valence-electron chi connectivity index (χ2n) is 9.52. The Morgan fingerprint density at radius 1 is 0.865 bits per heavy atom. The van der Waals surface area contributed by atoms with E-state index >= 15 is 0 Å². The third kappa shape index (κ3) is 14.0. The second-order valence-corrected chi connectivity index (χ2v) is 9.52. The van der Waals surface area contributed by atoms with Crippen molar-refractivity contribution in [3.8, 4) is 0 Å². The lowest BCUT2D eigenvalue weighted by Gasteiger charge is -2.28. The topological polar surface area (TPSA) is 258 Å². The van der Waals surface area contributed by atoms with Gasteiger partial charge in [0.15, 0.2) is 5.96 Å². The first-order chi connectivity index (χ1) is 17.2. The molecule has 0 saturated heterocycles. The van der Waals surface area contributed by atoms with E-state index in [1.54, 1.807) is 13.8 Å². The Hall–Kier alpha value is -3.42. The molecule has 0 fully saturated rings. The summed E-state index contributed by atoms with van der Waals surface area (Å²) < 4.78 is 0. The van der Waals surface area contributed by atoms with Gasteiger partial charge in [0.1, 0.15) is 18.1 Å². The minimum atomic E-state index is -1.37. The van der Waals surface area contributed by atoms with Crippen molar-refractivity contribution >= 4 is 35.6 Å². The molecule has 0 aliphatic rings. The number of guanidine groups is 1. The predicted octanol–water partition coefficient (Wildman–Crippen LogP) is -1.74. The Morgan fingerprint density at radius 3 is 1.95 bits per heavy atom. The van der Waals surface area contributed by atoms with Crippen LogP contribution in [0.3, 0.4) is 0 Å². The highest BCUT2D eigenvalue weighted by atomic mass is 16.4. The third-order valence-corrected chi connectivity index (χ3v) is 5.73. The normalized spacial score (nSPS) is 15.0. The summed E-state index contributed by atoms with van der Waals surface area (Å²) in [5.74, 6) is -4.27. The third-order valence-electron chi connectivity index (χ3n) is 5.73. The van der Waals surface area contributed by atoms with Crippen molar-refractivity contribution in [2.75, 3.05) is 6.54 Å². The van der Waals surface area contributed by atoms with Crippen molar-refractivity contribution in [1.82, 2.24) is 16.0 Å². The molecule has 4 amide bonds. The molecule has 14 nitrogen and oxygen atoms in total. The molecule has 0 radical (unpaired) electrons. The van der Waals surface area contributed by atoms with E-state index in [0.29, 0.717) is 19.3 Å². The van der Waals surface area contributed by atoms with Gasteiger partial charge in [-0.15, -0.1) is 0 Å². The molecular weight excluding hydrogens is 484 g/mol. The van der Waals surface area contributed by atoms with Gasteiger partial charge in [-0.2, -0.15) is 0 Å². The van der Waals surface area contributed by atoms with Crippen LogP contribution >= 0.6 is 0 Å². The van der Waals surface area contributed by atoms with Gasteiger partial charge in [0.05, 0.1) is 6.04 Å². The zero-order valence-electron chi connectivity index (χ0n) is 22.2. The predicted molar refractivity (Wildman–Crippen MR) is 139 cm³/mol. The van der Waals surface area contributed by atoms with Crippen LogP contribution in [0, 0.1) is 11.8 Å². The van der Waals surface area contributed by atoms with Gasteiger partial charge in [0.2, 0.25) is 23.6 Å². The van der Waals surface area contributed by atoms with Crippen LogP contribution in [-0.4, -0.2) is 71.4 Å². The summed E-state index contributed by atoms with van der Waals surface area (Å²) in [6.07, 6.45) is 0.969. The van der Waals surface area contributed by atoms with E-state index in [4.69, 9.17) is 22.9 Å². The first-order valence-corrected chi connectivity index (χ1v) is 12.4. The molecule has 212 valence electrons. The number of aliphatic carboxylic acids is 1. The molecule has 0 saturated carbocycles. The van der Waals surface area contributed by atoms with Crippen LogP contribution in [0.1, 0.15) is 66.2 Å². The lowest BCUT2D eigenvalue weighted by Crippen LogP contribution is -2.58. The number of hydrogen-bond donors (Lipinski definition) is 8. The van der Waals surface area contributed by atoms with Gasteiger partial charge < -0.3 is 44.0 Å². The first-order valence-electron chi connectivity index (χ1n) is 12.4. The fourth-order valence-electron chi connectivity index (χ4n) is 3.43. The second kappa shape index (κ2) is 17.1. The van der Waals surface area contributed by atoms with Crippen LogP contribution in [0.15, 0.2) is 4.99 Å². The number of nitrogens with zero attached hydrogens (tertiary/aromatic N) is 1. The summed E-state index contributed by atoms with van der Waals surface area (Å²) >= 11 is 0. The molecule has 0 spiro atoms. The van der Waals surface area contributed by atoms with Crippen molar-refractivity contribution in [1.29, 1.82) is 0 Å². The van der Waals surface area contributed by atoms with Gasteiger partial charge in [-0.3, -0.25) is 24.2 Å². The maximum absolute atomic E-state index is 13.2. The molecule has 5 atom stereocenters. The largest absolute Gasteiger partial charge is 0.480 e. The summed E-state index contributed by atoms with van der Waals surface area (Å²) in [7, 11) is 0. The van der Waals surface area contributed by atoms with E-state index in [0.717, 1.165) is 0 Å². The minimum Gasteiger partial charge on any atom is -0.480 e. The lowest BCUT2D eigenvalue weighted by atomic mass is 9.96. The Morgan fingerprint density at radius 2 is 1.46 bits per heavy atom. The highest BCUT2D eigenvalue weighted by molar-refractivity contribution is 5.94. The van der Waals surface area contributed by atoms with E-state index in [1.807, 2.05) is 13.8 Å². The van der Waals surface area contributed by atoms with Crippen LogP contribution in [-0.2, 0) is 24.0 Å². The van der Waals surface area contributed by atoms with Crippen molar-refractivity contribution in [3.05, 3.63) is 0 Å². The van der Waals surface area contributed by atoms with Gasteiger partial charge in [0.25, 0.3) is 0 Å². The van der Waals surface area contributed by atoms with Crippen LogP contribution in [0.25, 0.3) is 0 Å². The zero-order chi connectivity index (χ0) is 28.7. The molecule has 0 aromatic heterocycles. The number of rotatable bonds is 18. The van der Waals surface area contributed by atoms with E-state index in [-0.39, 0.29) is 43.6 Å². The van der Waals surface area contributed by atoms with Gasteiger partial charge in [-0.25, -0.2) is 4.79 Å². The monoisotopic (exact) mass is 528 g/mol. The average Bonchev–Trinajstić information content (AvgIpc) is 2.79. The van der Waals surface area contributed by atoms with E-state index in [2.05, 4.69) is 20.9 Å². The molecule has 0 rings (SSSR count). The molecule has 5 unspecified atom stereocenters. The van der Waals surface area contributed by atoms with Gasteiger partial charge in [0, 0.05) is 13.0 Å². The number of hydrogen-bond acceptors (Lipinski definition) is 7. The van der Waals surface area contributed by atoms with Crippen molar-refractivity contribution in [3.63, 3.8) is 0 Å². The summed E-state index contributed by atoms with van der Waals surface area (Å²) in [6, 6.07) is -4.34. The van der Waals surface area contributed by atoms with Crippen molar-refractivity contribution in [2.45, 2.75) is 90.4 Å². The minimum absolute atomic E-state index is 0.109. The highest BCUT2D eigenvalue weighted by Crippen LogP contribution is 2.11. The maximum atomic E-state index is 13.2. The van der Waals surface area contributed by atoms with Gasteiger partial charge >= 0.3 is 5.97 Å². The van der Waals surface area contributed by atoms with E-state index in [9.17, 15) is 29.1 Å².